The van der Waals surface area contributed by atoms with Crippen molar-refractivity contribution in [2.75, 3.05) is 18.0 Å². The molecule has 25 heavy (non-hydrogen) atoms. The Morgan fingerprint density at radius 3 is 2.60 bits per heavy atom. The van der Waals surface area contributed by atoms with Gasteiger partial charge in [-0.2, -0.15) is 0 Å². The minimum Gasteiger partial charge on any atom is -0.465 e. The molecule has 0 bridgehead atoms. The molecule has 0 fully saturated rings. The van der Waals surface area contributed by atoms with E-state index >= 15 is 0 Å². The molecule has 8 heteroatoms. The van der Waals surface area contributed by atoms with Gasteiger partial charge >= 0.3 is 5.97 Å². The lowest BCUT2D eigenvalue weighted by Gasteiger charge is -2.21. The number of aryl methyl sites for hydroxylation is 1. The number of esters is 1. The third-order valence-corrected chi connectivity index (χ3v) is 6.10. The average Bonchev–Trinajstić information content (AvgIpc) is 2.99. The minimum atomic E-state index is -4.09. The van der Waals surface area contributed by atoms with Gasteiger partial charge in [-0.05, 0) is 37.1 Å². The van der Waals surface area contributed by atoms with Gasteiger partial charge in [-0.1, -0.05) is 6.07 Å². The Morgan fingerprint density at radius 2 is 1.92 bits per heavy atom. The number of sulfonamides is 1. The van der Waals surface area contributed by atoms with E-state index in [-0.39, 0.29) is 34.7 Å². The van der Waals surface area contributed by atoms with E-state index in [0.29, 0.717) is 5.56 Å². The molecule has 0 N–H and O–H groups in total. The number of halogens is 2. The van der Waals surface area contributed by atoms with Crippen molar-refractivity contribution in [3.05, 3.63) is 58.7 Å². The highest BCUT2D eigenvalue weighted by atomic mass is 32.2. The highest BCUT2D eigenvalue weighted by Gasteiger charge is 2.34. The van der Waals surface area contributed by atoms with Crippen LogP contribution in [0.3, 0.4) is 0 Å². The molecule has 0 radical (unpaired) electrons. The van der Waals surface area contributed by atoms with E-state index in [0.717, 1.165) is 16.4 Å². The molecule has 2 aromatic carbocycles. The average molecular weight is 367 g/mol. The molecule has 0 saturated carbocycles. The summed E-state index contributed by atoms with van der Waals surface area (Å²) in [7, 11) is -2.90. The van der Waals surface area contributed by atoms with Crippen molar-refractivity contribution in [3.8, 4) is 0 Å². The van der Waals surface area contributed by atoms with Crippen molar-refractivity contribution in [3.63, 3.8) is 0 Å². The number of fused-ring (bicyclic) bond motifs is 1. The molecule has 0 aromatic heterocycles. The third kappa shape index (κ3) is 2.86. The van der Waals surface area contributed by atoms with Crippen LogP contribution in [-0.2, 0) is 21.2 Å². The maximum atomic E-state index is 13.9. The first-order valence-corrected chi connectivity index (χ1v) is 8.89. The Bertz CT molecular complexity index is 973. The fourth-order valence-corrected chi connectivity index (χ4v) is 4.63. The fraction of sp³-hybridized carbons (Fsp3) is 0.235. The molecule has 2 aromatic rings. The largest absolute Gasteiger partial charge is 0.465 e. The summed E-state index contributed by atoms with van der Waals surface area (Å²) in [4.78, 5) is 11.6. The van der Waals surface area contributed by atoms with Crippen molar-refractivity contribution >= 4 is 21.7 Å². The SMILES string of the molecule is COC(=O)c1ccc(C)c(S(=O)(=O)N2CCc3c(F)cc(F)cc32)c1. The van der Waals surface area contributed by atoms with Gasteiger partial charge in [0.25, 0.3) is 10.0 Å². The molecule has 5 nitrogen and oxygen atoms in total. The maximum absolute atomic E-state index is 13.9. The lowest BCUT2D eigenvalue weighted by atomic mass is 10.1. The van der Waals surface area contributed by atoms with Gasteiger partial charge in [0.15, 0.2) is 0 Å². The van der Waals surface area contributed by atoms with E-state index in [2.05, 4.69) is 4.74 Å². The van der Waals surface area contributed by atoms with Crippen LogP contribution in [0.25, 0.3) is 0 Å². The quantitative estimate of drug-likeness (QED) is 0.783. The van der Waals surface area contributed by atoms with E-state index in [1.54, 1.807) is 6.92 Å². The van der Waals surface area contributed by atoms with E-state index in [4.69, 9.17) is 0 Å². The topological polar surface area (TPSA) is 63.7 Å². The Labute approximate surface area is 143 Å². The van der Waals surface area contributed by atoms with Crippen molar-refractivity contribution in [1.29, 1.82) is 0 Å². The molecule has 0 amide bonds. The van der Waals surface area contributed by atoms with Crippen LogP contribution in [0.4, 0.5) is 14.5 Å². The number of benzene rings is 2. The smallest absolute Gasteiger partial charge is 0.337 e. The van der Waals surface area contributed by atoms with Crippen LogP contribution < -0.4 is 4.31 Å². The number of anilines is 1. The van der Waals surface area contributed by atoms with E-state index < -0.39 is 27.6 Å². The molecular weight excluding hydrogens is 352 g/mol. The molecule has 3 rings (SSSR count). The molecule has 132 valence electrons. The van der Waals surface area contributed by atoms with E-state index in [9.17, 15) is 22.0 Å². The third-order valence-electron chi connectivity index (χ3n) is 4.15. The summed E-state index contributed by atoms with van der Waals surface area (Å²) in [5.74, 6) is -2.29. The monoisotopic (exact) mass is 367 g/mol. The van der Waals surface area contributed by atoms with Crippen LogP contribution in [0.5, 0.6) is 0 Å². The van der Waals surface area contributed by atoms with Crippen LogP contribution in [0, 0.1) is 18.6 Å². The molecule has 1 aliphatic rings. The number of carbonyl (C=O) groups excluding carboxylic acids is 1. The van der Waals surface area contributed by atoms with Gasteiger partial charge in [-0.15, -0.1) is 0 Å². The van der Waals surface area contributed by atoms with Gasteiger partial charge in [0.1, 0.15) is 11.6 Å². The summed E-state index contributed by atoms with van der Waals surface area (Å²) in [6, 6.07) is 5.89. The number of rotatable bonds is 3. The predicted octanol–water partition coefficient (Wildman–Crippen LogP) is 2.81. The molecule has 0 unspecified atom stereocenters. The second kappa shape index (κ2) is 6.11. The van der Waals surface area contributed by atoms with Gasteiger partial charge in [0, 0.05) is 18.2 Å². The minimum absolute atomic E-state index is 0.0000676. The van der Waals surface area contributed by atoms with Crippen molar-refractivity contribution in [2.24, 2.45) is 0 Å². The summed E-state index contributed by atoms with van der Waals surface area (Å²) in [5.41, 5.74) is 0.640. The molecule has 0 aliphatic carbocycles. The predicted molar refractivity (Wildman–Crippen MR) is 87.1 cm³/mol. The summed E-state index contributed by atoms with van der Waals surface area (Å²) in [6.45, 7) is 1.58. The number of hydrogen-bond acceptors (Lipinski definition) is 4. The molecule has 0 spiro atoms. The Balaban J connectivity index is 2.13. The van der Waals surface area contributed by atoms with Crippen LogP contribution in [0.2, 0.25) is 0 Å². The standard InChI is InChI=1S/C17H15F2NO4S/c1-10-3-4-11(17(21)24-2)7-16(10)25(22,23)20-6-5-13-14(19)8-12(18)9-15(13)20/h3-4,7-9H,5-6H2,1-2H3. The first kappa shape index (κ1) is 17.3. The van der Waals surface area contributed by atoms with Gasteiger partial charge in [-0.3, -0.25) is 4.31 Å². The van der Waals surface area contributed by atoms with E-state index in [1.165, 1.54) is 25.3 Å². The Morgan fingerprint density at radius 1 is 1.20 bits per heavy atom. The number of hydrogen-bond donors (Lipinski definition) is 0. The number of nitrogens with zero attached hydrogens (tertiary/aromatic N) is 1. The highest BCUT2D eigenvalue weighted by Crippen LogP contribution is 2.36. The number of ether oxygens (including phenoxy) is 1. The molecule has 0 atom stereocenters. The van der Waals surface area contributed by atoms with Crippen molar-refractivity contribution in [2.45, 2.75) is 18.2 Å². The first-order valence-electron chi connectivity index (χ1n) is 7.45. The summed E-state index contributed by atoms with van der Waals surface area (Å²) in [6.07, 6.45) is 0.149. The molecule has 1 heterocycles. The summed E-state index contributed by atoms with van der Waals surface area (Å²) < 4.78 is 59.1. The van der Waals surface area contributed by atoms with Gasteiger partial charge in [0.2, 0.25) is 0 Å². The highest BCUT2D eigenvalue weighted by molar-refractivity contribution is 7.93. The van der Waals surface area contributed by atoms with Crippen LogP contribution in [-0.4, -0.2) is 28.0 Å². The first-order chi connectivity index (χ1) is 11.8. The zero-order valence-corrected chi connectivity index (χ0v) is 14.4. The second-order valence-corrected chi connectivity index (χ2v) is 7.52. The zero-order chi connectivity index (χ0) is 18.4. The van der Waals surface area contributed by atoms with Crippen molar-refractivity contribution < 1.29 is 26.7 Å². The molecular formula is C17H15F2NO4S. The zero-order valence-electron chi connectivity index (χ0n) is 13.5. The van der Waals surface area contributed by atoms with Crippen LogP contribution in [0.1, 0.15) is 21.5 Å². The summed E-state index contributed by atoms with van der Waals surface area (Å²) >= 11 is 0. The number of methoxy groups -OCH3 is 1. The summed E-state index contributed by atoms with van der Waals surface area (Å²) in [5, 5.41) is 0. The van der Waals surface area contributed by atoms with Gasteiger partial charge in [0.05, 0.1) is 23.3 Å². The Kier molecular flexibility index (Phi) is 4.24. The fourth-order valence-electron chi connectivity index (χ4n) is 2.88. The van der Waals surface area contributed by atoms with E-state index in [1.807, 2.05) is 0 Å². The van der Waals surface area contributed by atoms with Crippen molar-refractivity contribution in [1.82, 2.24) is 0 Å². The number of carbonyl (C=O) groups is 1. The molecule has 1 aliphatic heterocycles. The normalized spacial score (nSPS) is 13.7. The maximum Gasteiger partial charge on any atom is 0.337 e. The van der Waals surface area contributed by atoms with Gasteiger partial charge < -0.3 is 4.74 Å². The molecule has 0 saturated heterocycles. The van der Waals surface area contributed by atoms with Gasteiger partial charge in [-0.25, -0.2) is 22.0 Å². The lowest BCUT2D eigenvalue weighted by molar-refractivity contribution is 0.0600. The second-order valence-electron chi connectivity index (χ2n) is 5.68. The Hall–Kier alpha value is -2.48. The lowest BCUT2D eigenvalue weighted by Crippen LogP contribution is -2.30. The van der Waals surface area contributed by atoms with Crippen LogP contribution in [0.15, 0.2) is 35.2 Å². The van der Waals surface area contributed by atoms with Crippen LogP contribution >= 0.6 is 0 Å².